The van der Waals surface area contributed by atoms with Crippen molar-refractivity contribution < 1.29 is 4.42 Å². The molecule has 0 aliphatic rings. The molecule has 17 heavy (non-hydrogen) atoms. The molecule has 1 aromatic carbocycles. The van der Waals surface area contributed by atoms with Crippen LogP contribution in [0, 0.1) is 0 Å². The van der Waals surface area contributed by atoms with Gasteiger partial charge in [-0.3, -0.25) is 0 Å². The van der Waals surface area contributed by atoms with Crippen molar-refractivity contribution in [3.05, 3.63) is 24.3 Å². The summed E-state index contributed by atoms with van der Waals surface area (Å²) in [7, 11) is 0. The molecule has 0 aliphatic heterocycles. The average molecular weight is 233 g/mol. The first-order valence-corrected chi connectivity index (χ1v) is 6.07. The van der Waals surface area contributed by atoms with Crippen molar-refractivity contribution >= 4 is 17.1 Å². The van der Waals surface area contributed by atoms with Crippen LogP contribution in [0.2, 0.25) is 0 Å². The van der Waals surface area contributed by atoms with Gasteiger partial charge in [0, 0.05) is 6.54 Å². The lowest BCUT2D eigenvalue weighted by molar-refractivity contribution is 0.427. The highest BCUT2D eigenvalue weighted by atomic mass is 16.4. The van der Waals surface area contributed by atoms with Crippen molar-refractivity contribution in [3.63, 3.8) is 0 Å². The van der Waals surface area contributed by atoms with Crippen LogP contribution in [-0.4, -0.2) is 17.1 Å². The van der Waals surface area contributed by atoms with Crippen LogP contribution in [0.25, 0.3) is 11.1 Å². The molecule has 1 aromatic heterocycles. The zero-order valence-corrected chi connectivity index (χ0v) is 10.4. The number of hydrogen-bond acceptors (Lipinski definition) is 4. The molecule has 0 spiro atoms. The monoisotopic (exact) mass is 233 g/mol. The molecule has 0 radical (unpaired) electrons. The maximum Gasteiger partial charge on any atom is 0.296 e. The number of fused-ring (bicyclic) bond motifs is 1. The summed E-state index contributed by atoms with van der Waals surface area (Å²) in [6, 6.07) is 8.29. The summed E-state index contributed by atoms with van der Waals surface area (Å²) in [5, 5.41) is 3.33. The van der Waals surface area contributed by atoms with E-state index in [0.29, 0.717) is 12.6 Å². The van der Waals surface area contributed by atoms with Gasteiger partial charge in [-0.15, -0.1) is 0 Å². The van der Waals surface area contributed by atoms with Gasteiger partial charge >= 0.3 is 0 Å². The SMILES string of the molecule is CCC(CC)(CN)Nc1nc2ccccc2o1. The highest BCUT2D eigenvalue weighted by Gasteiger charge is 2.25. The molecule has 1 heterocycles. The van der Waals surface area contributed by atoms with Gasteiger partial charge in [-0.2, -0.15) is 4.98 Å². The van der Waals surface area contributed by atoms with Gasteiger partial charge < -0.3 is 15.5 Å². The van der Waals surface area contributed by atoms with E-state index in [1.807, 2.05) is 24.3 Å². The molecule has 0 amide bonds. The lowest BCUT2D eigenvalue weighted by Crippen LogP contribution is -2.44. The van der Waals surface area contributed by atoms with E-state index >= 15 is 0 Å². The maximum absolute atomic E-state index is 5.84. The molecule has 0 fully saturated rings. The minimum absolute atomic E-state index is 0.124. The van der Waals surface area contributed by atoms with E-state index in [2.05, 4.69) is 24.1 Å². The van der Waals surface area contributed by atoms with Gasteiger partial charge in [0.1, 0.15) is 5.52 Å². The highest BCUT2D eigenvalue weighted by Crippen LogP contribution is 2.24. The molecule has 0 bridgehead atoms. The summed E-state index contributed by atoms with van der Waals surface area (Å²) in [4.78, 5) is 4.41. The number of nitrogens with zero attached hydrogens (tertiary/aromatic N) is 1. The number of nitrogens with one attached hydrogen (secondary N) is 1. The number of aromatic nitrogens is 1. The topological polar surface area (TPSA) is 64.1 Å². The van der Waals surface area contributed by atoms with Gasteiger partial charge in [0.2, 0.25) is 0 Å². The maximum atomic E-state index is 5.84. The third-order valence-electron chi connectivity index (χ3n) is 3.41. The summed E-state index contributed by atoms with van der Waals surface area (Å²) in [5.74, 6) is 0. The third kappa shape index (κ3) is 2.26. The first-order chi connectivity index (χ1) is 8.23. The zero-order chi connectivity index (χ0) is 12.3. The van der Waals surface area contributed by atoms with Crippen LogP contribution in [0.4, 0.5) is 6.01 Å². The molecule has 0 unspecified atom stereocenters. The van der Waals surface area contributed by atoms with Gasteiger partial charge in [0.05, 0.1) is 5.54 Å². The summed E-state index contributed by atoms with van der Waals surface area (Å²) < 4.78 is 5.65. The first kappa shape index (κ1) is 11.9. The molecule has 2 rings (SSSR count). The Kier molecular flexibility index (Phi) is 3.33. The van der Waals surface area contributed by atoms with Crippen LogP contribution in [0.15, 0.2) is 28.7 Å². The minimum atomic E-state index is -0.124. The number of nitrogens with two attached hydrogens (primary N) is 1. The van der Waals surface area contributed by atoms with Crippen LogP contribution in [0.1, 0.15) is 26.7 Å². The van der Waals surface area contributed by atoms with E-state index in [0.717, 1.165) is 23.9 Å². The molecule has 0 aliphatic carbocycles. The molecule has 4 heteroatoms. The van der Waals surface area contributed by atoms with Crippen LogP contribution in [-0.2, 0) is 0 Å². The minimum Gasteiger partial charge on any atom is -0.424 e. The normalized spacial score (nSPS) is 11.9. The van der Waals surface area contributed by atoms with E-state index in [9.17, 15) is 0 Å². The lowest BCUT2D eigenvalue weighted by Gasteiger charge is -2.30. The smallest absolute Gasteiger partial charge is 0.296 e. The van der Waals surface area contributed by atoms with Gasteiger partial charge in [-0.1, -0.05) is 26.0 Å². The first-order valence-electron chi connectivity index (χ1n) is 6.07. The fourth-order valence-electron chi connectivity index (χ4n) is 1.92. The molecule has 4 nitrogen and oxygen atoms in total. The molecular weight excluding hydrogens is 214 g/mol. The Hall–Kier alpha value is -1.55. The van der Waals surface area contributed by atoms with Crippen molar-refractivity contribution in [2.75, 3.05) is 11.9 Å². The average Bonchev–Trinajstić information content (AvgIpc) is 2.78. The zero-order valence-electron chi connectivity index (χ0n) is 10.4. The Bertz CT molecular complexity index is 447. The van der Waals surface area contributed by atoms with Crippen molar-refractivity contribution in [2.24, 2.45) is 5.73 Å². The summed E-state index contributed by atoms with van der Waals surface area (Å²) >= 11 is 0. The Morgan fingerprint density at radius 2 is 2.00 bits per heavy atom. The van der Waals surface area contributed by atoms with Crippen molar-refractivity contribution in [2.45, 2.75) is 32.2 Å². The molecule has 3 N–H and O–H groups in total. The van der Waals surface area contributed by atoms with Crippen molar-refractivity contribution in [1.82, 2.24) is 4.98 Å². The largest absolute Gasteiger partial charge is 0.424 e. The van der Waals surface area contributed by atoms with Crippen LogP contribution < -0.4 is 11.1 Å². The molecule has 2 aromatic rings. The number of benzene rings is 1. The Morgan fingerprint density at radius 1 is 1.29 bits per heavy atom. The Balaban J connectivity index is 2.28. The summed E-state index contributed by atoms with van der Waals surface area (Å²) in [6.07, 6.45) is 1.89. The van der Waals surface area contributed by atoms with Crippen LogP contribution in [0.3, 0.4) is 0 Å². The van der Waals surface area contributed by atoms with E-state index in [-0.39, 0.29) is 5.54 Å². The summed E-state index contributed by atoms with van der Waals surface area (Å²) in [6.45, 7) is 4.80. The fourth-order valence-corrected chi connectivity index (χ4v) is 1.92. The second-order valence-corrected chi connectivity index (χ2v) is 4.30. The van der Waals surface area contributed by atoms with E-state index in [4.69, 9.17) is 10.2 Å². The van der Waals surface area contributed by atoms with Crippen molar-refractivity contribution in [3.8, 4) is 0 Å². The second-order valence-electron chi connectivity index (χ2n) is 4.30. The molecule has 92 valence electrons. The second kappa shape index (κ2) is 4.75. The van der Waals surface area contributed by atoms with Gasteiger partial charge in [-0.25, -0.2) is 0 Å². The van der Waals surface area contributed by atoms with Crippen LogP contribution in [0.5, 0.6) is 0 Å². The van der Waals surface area contributed by atoms with Gasteiger partial charge in [-0.05, 0) is 25.0 Å². The lowest BCUT2D eigenvalue weighted by atomic mass is 9.93. The molecular formula is C13H19N3O. The quantitative estimate of drug-likeness (QED) is 0.833. The number of oxazole rings is 1. The fraction of sp³-hybridized carbons (Fsp3) is 0.462. The predicted octanol–water partition coefficient (Wildman–Crippen LogP) is 2.76. The standard InChI is InChI=1S/C13H19N3O/c1-3-13(4-2,9-14)16-12-15-10-7-5-6-8-11(10)17-12/h5-8H,3-4,9,14H2,1-2H3,(H,15,16). The number of hydrogen-bond donors (Lipinski definition) is 2. The Morgan fingerprint density at radius 3 is 2.59 bits per heavy atom. The van der Waals surface area contributed by atoms with Crippen molar-refractivity contribution in [1.29, 1.82) is 0 Å². The molecule has 0 saturated carbocycles. The molecule has 0 saturated heterocycles. The molecule has 0 atom stereocenters. The van der Waals surface area contributed by atoms with Crippen LogP contribution >= 0.6 is 0 Å². The predicted molar refractivity (Wildman–Crippen MR) is 70.0 cm³/mol. The number of para-hydroxylation sites is 2. The summed E-state index contributed by atoms with van der Waals surface area (Å²) in [5.41, 5.74) is 7.38. The van der Waals surface area contributed by atoms with E-state index in [1.165, 1.54) is 0 Å². The highest BCUT2D eigenvalue weighted by molar-refractivity contribution is 5.74. The number of rotatable bonds is 5. The Labute approximate surface area is 101 Å². The number of anilines is 1. The third-order valence-corrected chi connectivity index (χ3v) is 3.41. The van der Waals surface area contributed by atoms with Gasteiger partial charge in [0.15, 0.2) is 5.58 Å². The van der Waals surface area contributed by atoms with Gasteiger partial charge in [0.25, 0.3) is 6.01 Å². The van der Waals surface area contributed by atoms with E-state index < -0.39 is 0 Å². The van der Waals surface area contributed by atoms with E-state index in [1.54, 1.807) is 0 Å².